The molecule has 1 heterocycles. The molecule has 0 aliphatic heterocycles. The number of amides is 1. The molecule has 152 valence electrons. The maximum absolute atomic E-state index is 13.0. The number of anilines is 1. The number of carbonyl (C=O) groups excluding carboxylic acids is 1. The summed E-state index contributed by atoms with van der Waals surface area (Å²) in [5.74, 6) is 0.00348. The molecule has 0 aliphatic rings. The molecule has 0 unspecified atom stereocenters. The van der Waals surface area contributed by atoms with Crippen molar-refractivity contribution < 1.29 is 4.79 Å². The number of carbonyl (C=O) groups is 1. The fourth-order valence-electron chi connectivity index (χ4n) is 3.92. The summed E-state index contributed by atoms with van der Waals surface area (Å²) in [4.78, 5) is 25.4. The van der Waals surface area contributed by atoms with E-state index in [0.717, 1.165) is 38.6 Å². The van der Waals surface area contributed by atoms with Gasteiger partial charge in [-0.1, -0.05) is 29.8 Å². The summed E-state index contributed by atoms with van der Waals surface area (Å²) >= 11 is 0. The van der Waals surface area contributed by atoms with Gasteiger partial charge >= 0.3 is 0 Å². The minimum atomic E-state index is 0.00348. The van der Waals surface area contributed by atoms with Gasteiger partial charge in [0.05, 0.1) is 11.0 Å². The van der Waals surface area contributed by atoms with Crippen LogP contribution in [0.5, 0.6) is 0 Å². The lowest BCUT2D eigenvalue weighted by atomic mass is 10.1. The van der Waals surface area contributed by atoms with Gasteiger partial charge in [-0.25, -0.2) is 0 Å². The highest BCUT2D eigenvalue weighted by atomic mass is 16.1. The van der Waals surface area contributed by atoms with Crippen LogP contribution in [-0.2, 0) is 11.3 Å². The molecule has 30 heavy (non-hydrogen) atoms. The third kappa shape index (κ3) is 3.86. The van der Waals surface area contributed by atoms with Gasteiger partial charge in [-0.2, -0.15) is 0 Å². The summed E-state index contributed by atoms with van der Waals surface area (Å²) in [6.07, 6.45) is 1.10. The highest BCUT2D eigenvalue weighted by Crippen LogP contribution is 2.21. The largest absolute Gasteiger partial charge is 0.340 e. The van der Waals surface area contributed by atoms with Gasteiger partial charge in [-0.15, -0.1) is 0 Å². The minimum Gasteiger partial charge on any atom is -0.340 e. The van der Waals surface area contributed by atoms with Crippen LogP contribution >= 0.6 is 0 Å². The summed E-state index contributed by atoms with van der Waals surface area (Å²) in [6.45, 7) is 6.76. The van der Waals surface area contributed by atoms with E-state index < -0.39 is 0 Å². The number of pyridine rings is 1. The second-order valence-electron chi connectivity index (χ2n) is 7.97. The highest BCUT2D eigenvalue weighted by molar-refractivity contribution is 5.94. The number of para-hydroxylation sites is 1. The highest BCUT2D eigenvalue weighted by Gasteiger charge is 2.11. The monoisotopic (exact) mass is 398 g/mol. The number of nitrogens with one attached hydrogen (secondary N) is 1. The number of aryl methyl sites for hydroxylation is 4. The van der Waals surface area contributed by atoms with Crippen LogP contribution in [0.25, 0.3) is 21.8 Å². The first-order chi connectivity index (χ1) is 14.4. The van der Waals surface area contributed by atoms with E-state index in [1.54, 1.807) is 0 Å². The van der Waals surface area contributed by atoms with Crippen molar-refractivity contribution in [1.82, 2.24) is 4.57 Å². The van der Waals surface area contributed by atoms with Crippen LogP contribution in [0.3, 0.4) is 0 Å². The summed E-state index contributed by atoms with van der Waals surface area (Å²) in [6, 6.07) is 19.6. The minimum absolute atomic E-state index is 0.00348. The van der Waals surface area contributed by atoms with Gasteiger partial charge in [0.25, 0.3) is 0 Å². The number of hydrogen-bond donors (Lipinski definition) is 1. The Kier molecular flexibility index (Phi) is 5.40. The molecule has 0 fully saturated rings. The standard InChI is InChI=1S/C26H26N2O2/c1-17-10-13-24-22(15-17)26(30)21-7-4-5-8-23(21)28(24)14-6-9-25(29)27-20-12-11-18(2)19(3)16-20/h4-5,7-8,10-13,15-16H,6,9,14H2,1-3H3,(H,27,29). The third-order valence-corrected chi connectivity index (χ3v) is 5.70. The maximum Gasteiger partial charge on any atom is 0.224 e. The van der Waals surface area contributed by atoms with E-state index in [1.807, 2.05) is 74.5 Å². The van der Waals surface area contributed by atoms with Gasteiger partial charge in [0.1, 0.15) is 0 Å². The maximum atomic E-state index is 13.0. The molecule has 4 nitrogen and oxygen atoms in total. The molecule has 0 aliphatic carbocycles. The zero-order valence-corrected chi connectivity index (χ0v) is 17.7. The molecule has 0 radical (unpaired) electrons. The Labute approximate surface area is 176 Å². The van der Waals surface area contributed by atoms with Crippen LogP contribution in [0.4, 0.5) is 5.69 Å². The van der Waals surface area contributed by atoms with Gasteiger partial charge < -0.3 is 9.88 Å². The zero-order chi connectivity index (χ0) is 21.3. The van der Waals surface area contributed by atoms with E-state index in [4.69, 9.17) is 0 Å². The van der Waals surface area contributed by atoms with Crippen molar-refractivity contribution in [2.45, 2.75) is 40.2 Å². The average Bonchev–Trinajstić information content (AvgIpc) is 2.73. The van der Waals surface area contributed by atoms with Gasteiger partial charge in [-0.05, 0) is 74.7 Å². The summed E-state index contributed by atoms with van der Waals surface area (Å²) < 4.78 is 2.16. The van der Waals surface area contributed by atoms with Crippen LogP contribution in [0.15, 0.2) is 65.5 Å². The quantitative estimate of drug-likeness (QED) is 0.451. The molecule has 0 saturated carbocycles. The molecule has 1 N–H and O–H groups in total. The first-order valence-electron chi connectivity index (χ1n) is 10.3. The number of fused-ring (bicyclic) bond motifs is 2. The van der Waals surface area contributed by atoms with Crippen molar-refractivity contribution in [2.24, 2.45) is 0 Å². The normalized spacial score (nSPS) is 11.2. The molecule has 0 spiro atoms. The number of aromatic nitrogens is 1. The number of nitrogens with zero attached hydrogens (tertiary/aromatic N) is 1. The van der Waals surface area contributed by atoms with Crippen molar-refractivity contribution >= 4 is 33.4 Å². The second-order valence-corrected chi connectivity index (χ2v) is 7.97. The van der Waals surface area contributed by atoms with E-state index in [1.165, 1.54) is 5.56 Å². The zero-order valence-electron chi connectivity index (χ0n) is 17.7. The summed E-state index contributed by atoms with van der Waals surface area (Å²) in [7, 11) is 0. The summed E-state index contributed by atoms with van der Waals surface area (Å²) in [5.41, 5.74) is 6.15. The Hall–Kier alpha value is -3.40. The van der Waals surface area contributed by atoms with Crippen molar-refractivity contribution in [3.8, 4) is 0 Å². The Morgan fingerprint density at radius 3 is 2.43 bits per heavy atom. The van der Waals surface area contributed by atoms with Crippen LogP contribution in [-0.4, -0.2) is 10.5 Å². The molecule has 0 saturated heterocycles. The Morgan fingerprint density at radius 1 is 0.867 bits per heavy atom. The Bertz CT molecular complexity index is 1320. The molecular weight excluding hydrogens is 372 g/mol. The van der Waals surface area contributed by atoms with Crippen molar-refractivity contribution in [3.05, 3.63) is 87.6 Å². The fourth-order valence-corrected chi connectivity index (χ4v) is 3.92. The first kappa shape index (κ1) is 19.9. The van der Waals surface area contributed by atoms with Crippen LogP contribution in [0, 0.1) is 20.8 Å². The predicted molar refractivity (Wildman–Crippen MR) is 124 cm³/mol. The Morgan fingerprint density at radius 2 is 1.63 bits per heavy atom. The topological polar surface area (TPSA) is 51.1 Å². The molecular formula is C26H26N2O2. The second kappa shape index (κ2) is 8.15. The van der Waals surface area contributed by atoms with E-state index in [9.17, 15) is 9.59 Å². The van der Waals surface area contributed by atoms with Gasteiger partial charge in [0.15, 0.2) is 5.43 Å². The van der Waals surface area contributed by atoms with E-state index >= 15 is 0 Å². The third-order valence-electron chi connectivity index (χ3n) is 5.70. The van der Waals surface area contributed by atoms with Crippen LogP contribution < -0.4 is 10.7 Å². The fraction of sp³-hybridized carbons (Fsp3) is 0.231. The molecule has 0 atom stereocenters. The van der Waals surface area contributed by atoms with E-state index in [2.05, 4.69) is 16.8 Å². The average molecular weight is 399 g/mol. The van der Waals surface area contributed by atoms with E-state index in [-0.39, 0.29) is 11.3 Å². The molecule has 1 amide bonds. The first-order valence-corrected chi connectivity index (χ1v) is 10.3. The van der Waals surface area contributed by atoms with Crippen molar-refractivity contribution in [3.63, 3.8) is 0 Å². The smallest absolute Gasteiger partial charge is 0.224 e. The molecule has 0 bridgehead atoms. The van der Waals surface area contributed by atoms with Crippen LogP contribution in [0.2, 0.25) is 0 Å². The van der Waals surface area contributed by atoms with Crippen molar-refractivity contribution in [1.29, 1.82) is 0 Å². The van der Waals surface area contributed by atoms with Crippen LogP contribution in [0.1, 0.15) is 29.5 Å². The number of rotatable bonds is 5. The molecule has 4 heteroatoms. The van der Waals surface area contributed by atoms with Gasteiger partial charge in [-0.3, -0.25) is 9.59 Å². The SMILES string of the molecule is Cc1ccc2c(c1)c(=O)c1ccccc1n2CCCC(=O)Nc1ccc(C)c(C)c1. The van der Waals surface area contributed by atoms with Gasteiger partial charge in [0.2, 0.25) is 5.91 Å². The molecule has 1 aromatic heterocycles. The number of benzene rings is 3. The summed E-state index contributed by atoms with van der Waals surface area (Å²) in [5, 5.41) is 4.44. The van der Waals surface area contributed by atoms with Crippen molar-refractivity contribution in [2.75, 3.05) is 5.32 Å². The molecule has 4 rings (SSSR count). The predicted octanol–water partition coefficient (Wildman–Crippen LogP) is 5.50. The number of hydrogen-bond acceptors (Lipinski definition) is 2. The lowest BCUT2D eigenvalue weighted by molar-refractivity contribution is -0.116. The lowest BCUT2D eigenvalue weighted by Gasteiger charge is -2.15. The molecule has 4 aromatic rings. The lowest BCUT2D eigenvalue weighted by Crippen LogP contribution is -2.15. The molecule has 3 aromatic carbocycles. The Balaban J connectivity index is 1.57. The van der Waals surface area contributed by atoms with E-state index in [0.29, 0.717) is 19.4 Å². The van der Waals surface area contributed by atoms with Gasteiger partial charge in [0, 0.05) is 29.4 Å².